The zero-order valence-corrected chi connectivity index (χ0v) is 9.00. The molecular weight excluding hydrogens is 174 g/mol. The van der Waals surface area contributed by atoms with E-state index in [1.54, 1.807) is 0 Å². The van der Waals surface area contributed by atoms with E-state index in [1.165, 1.54) is 25.7 Å². The fourth-order valence-corrected chi connectivity index (χ4v) is 1.10. The first-order chi connectivity index (χ1) is 6.91. The minimum atomic E-state index is 0.570. The third-order valence-electron chi connectivity index (χ3n) is 1.90. The number of nitrogens with zero attached hydrogens (tertiary/aromatic N) is 3. The molecule has 0 saturated heterocycles. The van der Waals surface area contributed by atoms with Gasteiger partial charge in [-0.15, -0.1) is 11.8 Å². The molecule has 0 rings (SSSR count). The molecule has 0 saturated carbocycles. The predicted molar refractivity (Wildman–Crippen MR) is 59.8 cm³/mol. The summed E-state index contributed by atoms with van der Waals surface area (Å²) in [6, 6.07) is 0. The summed E-state index contributed by atoms with van der Waals surface area (Å²) in [4.78, 5) is 2.68. The van der Waals surface area contributed by atoms with Crippen LogP contribution in [0.25, 0.3) is 10.4 Å². The highest BCUT2D eigenvalue weighted by Gasteiger charge is 1.84. The maximum atomic E-state index is 8.01. The fraction of sp³-hybridized carbons (Fsp3) is 0.818. The van der Waals surface area contributed by atoms with Gasteiger partial charge in [-0.3, -0.25) is 0 Å². The largest absolute Gasteiger partial charge is 0.103 e. The summed E-state index contributed by atoms with van der Waals surface area (Å²) in [5.41, 5.74) is 8.01. The Morgan fingerprint density at radius 3 is 2.43 bits per heavy atom. The molecule has 0 N–H and O–H groups in total. The molecule has 3 heteroatoms. The van der Waals surface area contributed by atoms with Crippen LogP contribution in [-0.4, -0.2) is 6.54 Å². The van der Waals surface area contributed by atoms with E-state index in [1.807, 2.05) is 0 Å². The summed E-state index contributed by atoms with van der Waals surface area (Å²) >= 11 is 0. The third kappa shape index (κ3) is 10.9. The van der Waals surface area contributed by atoms with Crippen LogP contribution >= 0.6 is 0 Å². The summed E-state index contributed by atoms with van der Waals surface area (Å²) in [6.07, 6.45) is 7.86. The molecule has 14 heavy (non-hydrogen) atoms. The van der Waals surface area contributed by atoms with Crippen molar-refractivity contribution < 1.29 is 0 Å². The van der Waals surface area contributed by atoms with Crippen molar-refractivity contribution in [2.24, 2.45) is 5.11 Å². The summed E-state index contributed by atoms with van der Waals surface area (Å²) in [6.45, 7) is 2.78. The number of unbranched alkanes of at least 4 members (excludes halogenated alkanes) is 5. The van der Waals surface area contributed by atoms with Gasteiger partial charge >= 0.3 is 0 Å². The Bertz CT molecular complexity index is 218. The monoisotopic (exact) mass is 193 g/mol. The number of azide groups is 1. The van der Waals surface area contributed by atoms with Crippen molar-refractivity contribution >= 4 is 0 Å². The van der Waals surface area contributed by atoms with E-state index in [2.05, 4.69) is 28.8 Å². The van der Waals surface area contributed by atoms with Crippen LogP contribution < -0.4 is 0 Å². The van der Waals surface area contributed by atoms with Gasteiger partial charge in [0.2, 0.25) is 0 Å². The minimum absolute atomic E-state index is 0.570. The molecule has 0 heterocycles. The SMILES string of the molecule is CCCCCCC#CCCCN=[N+]=[N-]. The Labute approximate surface area is 86.5 Å². The van der Waals surface area contributed by atoms with Gasteiger partial charge in [0, 0.05) is 24.3 Å². The molecule has 0 fully saturated rings. The van der Waals surface area contributed by atoms with E-state index in [0.29, 0.717) is 6.54 Å². The van der Waals surface area contributed by atoms with Gasteiger partial charge in [0.1, 0.15) is 0 Å². The second kappa shape index (κ2) is 11.9. The highest BCUT2D eigenvalue weighted by atomic mass is 15.1. The number of hydrogen-bond donors (Lipinski definition) is 0. The maximum Gasteiger partial charge on any atom is 0.0266 e. The van der Waals surface area contributed by atoms with Gasteiger partial charge in [0.15, 0.2) is 0 Å². The Kier molecular flexibility index (Phi) is 10.9. The zero-order valence-electron chi connectivity index (χ0n) is 9.00. The van der Waals surface area contributed by atoms with Gasteiger partial charge in [-0.2, -0.15) is 0 Å². The second-order valence-corrected chi connectivity index (χ2v) is 3.22. The lowest BCUT2D eigenvalue weighted by molar-refractivity contribution is 0.679. The molecule has 3 nitrogen and oxygen atoms in total. The van der Waals surface area contributed by atoms with E-state index < -0.39 is 0 Å². The summed E-state index contributed by atoms with van der Waals surface area (Å²) in [7, 11) is 0. The summed E-state index contributed by atoms with van der Waals surface area (Å²) in [5.74, 6) is 6.22. The molecule has 0 amide bonds. The van der Waals surface area contributed by atoms with Crippen molar-refractivity contribution in [2.75, 3.05) is 6.54 Å². The Balaban J connectivity index is 3.14. The molecule has 0 bridgehead atoms. The van der Waals surface area contributed by atoms with Crippen LogP contribution in [0, 0.1) is 11.8 Å². The quantitative estimate of drug-likeness (QED) is 0.192. The minimum Gasteiger partial charge on any atom is -0.103 e. The van der Waals surface area contributed by atoms with Crippen LogP contribution in [0.2, 0.25) is 0 Å². The fourth-order valence-electron chi connectivity index (χ4n) is 1.10. The van der Waals surface area contributed by atoms with Gasteiger partial charge in [0.05, 0.1) is 0 Å². The van der Waals surface area contributed by atoms with Crippen LogP contribution in [0.15, 0.2) is 5.11 Å². The molecule has 78 valence electrons. The van der Waals surface area contributed by atoms with Crippen LogP contribution in [0.5, 0.6) is 0 Å². The molecule has 0 aliphatic rings. The van der Waals surface area contributed by atoms with Gasteiger partial charge in [0.25, 0.3) is 0 Å². The van der Waals surface area contributed by atoms with E-state index >= 15 is 0 Å². The highest BCUT2D eigenvalue weighted by molar-refractivity contribution is 4.98. The Morgan fingerprint density at radius 2 is 1.79 bits per heavy atom. The molecule has 0 aromatic heterocycles. The van der Waals surface area contributed by atoms with Crippen LogP contribution in [0.4, 0.5) is 0 Å². The Hall–Kier alpha value is -1.13. The third-order valence-corrected chi connectivity index (χ3v) is 1.90. The maximum absolute atomic E-state index is 8.01. The van der Waals surface area contributed by atoms with Crippen molar-refractivity contribution in [3.8, 4) is 11.8 Å². The number of rotatable bonds is 7. The van der Waals surface area contributed by atoms with Gasteiger partial charge in [-0.25, -0.2) is 0 Å². The Morgan fingerprint density at radius 1 is 1.07 bits per heavy atom. The van der Waals surface area contributed by atoms with Gasteiger partial charge in [-0.1, -0.05) is 31.3 Å². The zero-order chi connectivity index (χ0) is 10.5. The average molecular weight is 193 g/mol. The van der Waals surface area contributed by atoms with Crippen molar-refractivity contribution in [3.05, 3.63) is 10.4 Å². The van der Waals surface area contributed by atoms with Crippen LogP contribution in [-0.2, 0) is 0 Å². The first-order valence-electron chi connectivity index (χ1n) is 5.38. The van der Waals surface area contributed by atoms with Crippen LogP contribution in [0.3, 0.4) is 0 Å². The van der Waals surface area contributed by atoms with Crippen molar-refractivity contribution in [3.63, 3.8) is 0 Å². The molecule has 0 radical (unpaired) electrons. The smallest absolute Gasteiger partial charge is 0.0266 e. The highest BCUT2D eigenvalue weighted by Crippen LogP contribution is 2.01. The van der Waals surface area contributed by atoms with E-state index in [4.69, 9.17) is 5.53 Å². The molecule has 0 aromatic carbocycles. The topological polar surface area (TPSA) is 48.8 Å². The van der Waals surface area contributed by atoms with Crippen molar-refractivity contribution in [1.82, 2.24) is 0 Å². The molecular formula is C11H19N3. The molecule has 0 aliphatic carbocycles. The molecule has 0 spiro atoms. The van der Waals surface area contributed by atoms with Gasteiger partial charge in [-0.05, 0) is 18.4 Å². The first kappa shape index (κ1) is 12.9. The lowest BCUT2D eigenvalue weighted by Crippen LogP contribution is -1.77. The first-order valence-corrected chi connectivity index (χ1v) is 5.38. The lowest BCUT2D eigenvalue weighted by atomic mass is 10.1. The molecule has 0 aliphatic heterocycles. The van der Waals surface area contributed by atoms with Crippen molar-refractivity contribution in [1.29, 1.82) is 0 Å². The molecule has 0 atom stereocenters. The van der Waals surface area contributed by atoms with Crippen molar-refractivity contribution in [2.45, 2.75) is 51.9 Å². The van der Waals surface area contributed by atoms with E-state index in [0.717, 1.165) is 19.3 Å². The van der Waals surface area contributed by atoms with Crippen LogP contribution in [0.1, 0.15) is 51.9 Å². The summed E-state index contributed by atoms with van der Waals surface area (Å²) < 4.78 is 0. The molecule has 0 aromatic rings. The standard InChI is InChI=1S/C11H19N3/c1-2-3-4-5-6-7-8-9-10-11-13-14-12/h2-6,9-11H2,1H3. The molecule has 0 unspecified atom stereocenters. The normalized spacial score (nSPS) is 8.64. The van der Waals surface area contributed by atoms with E-state index in [-0.39, 0.29) is 0 Å². The second-order valence-electron chi connectivity index (χ2n) is 3.22. The predicted octanol–water partition coefficient (Wildman–Crippen LogP) is 4.05. The average Bonchev–Trinajstić information content (AvgIpc) is 2.21. The van der Waals surface area contributed by atoms with E-state index in [9.17, 15) is 0 Å². The lowest BCUT2D eigenvalue weighted by Gasteiger charge is -1.91. The summed E-state index contributed by atoms with van der Waals surface area (Å²) in [5, 5.41) is 3.44. The number of hydrogen-bond acceptors (Lipinski definition) is 1. The van der Waals surface area contributed by atoms with Gasteiger partial charge < -0.3 is 0 Å².